The van der Waals surface area contributed by atoms with Crippen molar-refractivity contribution in [2.45, 2.75) is 25.7 Å². The Hall–Kier alpha value is -2.27. The van der Waals surface area contributed by atoms with Crippen LogP contribution in [0, 0.1) is 0 Å². The van der Waals surface area contributed by atoms with Crippen molar-refractivity contribution >= 4 is 11.6 Å². The zero-order valence-electron chi connectivity index (χ0n) is 14.5. The first kappa shape index (κ1) is 18.1. The van der Waals surface area contributed by atoms with Crippen LogP contribution in [0.15, 0.2) is 42.6 Å². The molecule has 0 atom stereocenters. The lowest BCUT2D eigenvalue weighted by molar-refractivity contribution is 0.0981. The van der Waals surface area contributed by atoms with Crippen LogP contribution in [0.5, 0.6) is 0 Å². The van der Waals surface area contributed by atoms with E-state index in [9.17, 15) is 4.79 Å². The third-order valence-electron chi connectivity index (χ3n) is 3.69. The van der Waals surface area contributed by atoms with Gasteiger partial charge in [-0.25, -0.2) is 9.97 Å². The maximum Gasteiger partial charge on any atom is 0.162 e. The van der Waals surface area contributed by atoms with Crippen molar-refractivity contribution in [2.75, 3.05) is 32.5 Å². The van der Waals surface area contributed by atoms with Crippen molar-refractivity contribution in [3.05, 3.63) is 54.0 Å². The topological polar surface area (TPSA) is 58.1 Å². The number of aromatic nitrogens is 2. The summed E-state index contributed by atoms with van der Waals surface area (Å²) >= 11 is 0. The van der Waals surface area contributed by atoms with Crippen LogP contribution in [0.1, 0.15) is 35.4 Å². The van der Waals surface area contributed by atoms with Crippen LogP contribution in [0.25, 0.3) is 0 Å². The first-order chi connectivity index (χ1) is 11.6. The molecule has 0 bridgehead atoms. The van der Waals surface area contributed by atoms with Crippen LogP contribution in [0.2, 0.25) is 0 Å². The quantitative estimate of drug-likeness (QED) is 0.537. The van der Waals surface area contributed by atoms with E-state index in [-0.39, 0.29) is 5.78 Å². The standard InChI is InChI=1S/C19H26N4O/c1-23(2)15-7-11-18-21-14-12-19(22-18)20-13-6-10-17(24)16-8-4-3-5-9-16/h3-5,8-9,12,14H,6-7,10-11,13,15H2,1-2H3,(H,20,21,22). The molecule has 1 N–H and O–H groups in total. The molecule has 5 heteroatoms. The summed E-state index contributed by atoms with van der Waals surface area (Å²) in [6.07, 6.45) is 5.03. The van der Waals surface area contributed by atoms with Crippen molar-refractivity contribution in [3.63, 3.8) is 0 Å². The molecule has 2 rings (SSSR count). The van der Waals surface area contributed by atoms with E-state index in [2.05, 4.69) is 34.3 Å². The fourth-order valence-corrected chi connectivity index (χ4v) is 2.41. The van der Waals surface area contributed by atoms with Gasteiger partial charge in [0, 0.05) is 31.1 Å². The minimum absolute atomic E-state index is 0.185. The molecule has 0 aliphatic carbocycles. The molecule has 2 aromatic rings. The Labute approximate surface area is 144 Å². The molecular formula is C19H26N4O. The van der Waals surface area contributed by atoms with Crippen LogP contribution in [-0.2, 0) is 6.42 Å². The maximum atomic E-state index is 12.0. The Morgan fingerprint density at radius 3 is 2.67 bits per heavy atom. The van der Waals surface area contributed by atoms with E-state index < -0.39 is 0 Å². The Morgan fingerprint density at radius 1 is 1.12 bits per heavy atom. The summed E-state index contributed by atoms with van der Waals surface area (Å²) < 4.78 is 0. The number of Topliss-reactive ketones (excluding diaryl/α,β-unsaturated/α-hetero) is 1. The molecule has 0 saturated carbocycles. The van der Waals surface area contributed by atoms with E-state index in [0.717, 1.165) is 49.6 Å². The third kappa shape index (κ3) is 6.46. The van der Waals surface area contributed by atoms with E-state index in [1.165, 1.54) is 0 Å². The van der Waals surface area contributed by atoms with Gasteiger partial charge in [-0.05, 0) is 39.5 Å². The highest BCUT2D eigenvalue weighted by Gasteiger charge is 2.05. The van der Waals surface area contributed by atoms with Gasteiger partial charge in [0.25, 0.3) is 0 Å². The summed E-state index contributed by atoms with van der Waals surface area (Å²) in [7, 11) is 4.13. The first-order valence-corrected chi connectivity index (χ1v) is 8.44. The van der Waals surface area contributed by atoms with E-state index in [1.54, 1.807) is 6.20 Å². The number of rotatable bonds is 10. The van der Waals surface area contributed by atoms with Gasteiger partial charge in [0.15, 0.2) is 5.78 Å². The molecule has 0 radical (unpaired) electrons. The molecule has 0 spiro atoms. The molecule has 1 heterocycles. The number of aryl methyl sites for hydroxylation is 1. The highest BCUT2D eigenvalue weighted by molar-refractivity contribution is 5.95. The van der Waals surface area contributed by atoms with E-state index in [4.69, 9.17) is 0 Å². The van der Waals surface area contributed by atoms with Gasteiger partial charge < -0.3 is 10.2 Å². The van der Waals surface area contributed by atoms with Crippen LogP contribution >= 0.6 is 0 Å². The summed E-state index contributed by atoms with van der Waals surface area (Å²) in [5.74, 6) is 1.88. The van der Waals surface area contributed by atoms with Gasteiger partial charge in [0.05, 0.1) is 0 Å². The summed E-state index contributed by atoms with van der Waals surface area (Å²) in [5.41, 5.74) is 0.780. The van der Waals surface area contributed by atoms with Gasteiger partial charge in [-0.2, -0.15) is 0 Å². The van der Waals surface area contributed by atoms with Crippen LogP contribution in [0.3, 0.4) is 0 Å². The number of nitrogens with zero attached hydrogens (tertiary/aromatic N) is 3. The van der Waals surface area contributed by atoms with Gasteiger partial charge >= 0.3 is 0 Å². The number of ketones is 1. The van der Waals surface area contributed by atoms with Crippen molar-refractivity contribution in [3.8, 4) is 0 Å². The van der Waals surface area contributed by atoms with Crippen LogP contribution < -0.4 is 5.32 Å². The van der Waals surface area contributed by atoms with Crippen LogP contribution in [-0.4, -0.2) is 47.8 Å². The van der Waals surface area contributed by atoms with E-state index in [1.807, 2.05) is 36.4 Å². The second-order valence-electron chi connectivity index (χ2n) is 6.08. The Bertz CT molecular complexity index is 628. The summed E-state index contributed by atoms with van der Waals surface area (Å²) in [6.45, 7) is 1.76. The second kappa shape index (κ2) is 9.78. The highest BCUT2D eigenvalue weighted by atomic mass is 16.1. The molecule has 5 nitrogen and oxygen atoms in total. The van der Waals surface area contributed by atoms with Gasteiger partial charge in [0.1, 0.15) is 11.6 Å². The number of carbonyl (C=O) groups excluding carboxylic acids is 1. The van der Waals surface area contributed by atoms with Crippen molar-refractivity contribution in [2.24, 2.45) is 0 Å². The third-order valence-corrected chi connectivity index (χ3v) is 3.69. The lowest BCUT2D eigenvalue weighted by Gasteiger charge is -2.09. The van der Waals surface area contributed by atoms with Gasteiger partial charge in [-0.1, -0.05) is 30.3 Å². The number of nitrogens with one attached hydrogen (secondary N) is 1. The lowest BCUT2D eigenvalue weighted by Crippen LogP contribution is -2.14. The number of benzene rings is 1. The lowest BCUT2D eigenvalue weighted by atomic mass is 10.1. The molecule has 24 heavy (non-hydrogen) atoms. The van der Waals surface area contributed by atoms with E-state index in [0.29, 0.717) is 6.42 Å². The average molecular weight is 326 g/mol. The molecule has 0 saturated heterocycles. The number of hydrogen-bond donors (Lipinski definition) is 1. The maximum absolute atomic E-state index is 12.0. The molecule has 1 aromatic carbocycles. The van der Waals surface area contributed by atoms with E-state index >= 15 is 0 Å². The molecule has 0 amide bonds. The zero-order chi connectivity index (χ0) is 17.2. The summed E-state index contributed by atoms with van der Waals surface area (Å²) in [6, 6.07) is 11.3. The highest BCUT2D eigenvalue weighted by Crippen LogP contribution is 2.07. The predicted octanol–water partition coefficient (Wildman–Crippen LogP) is 3.05. The minimum Gasteiger partial charge on any atom is -0.370 e. The smallest absolute Gasteiger partial charge is 0.162 e. The SMILES string of the molecule is CN(C)CCCc1nccc(NCCCC(=O)c2ccccc2)n1. The molecule has 0 fully saturated rings. The molecule has 0 aliphatic rings. The number of carbonyl (C=O) groups is 1. The fraction of sp³-hybridized carbons (Fsp3) is 0.421. The van der Waals surface area contributed by atoms with Gasteiger partial charge in [0.2, 0.25) is 0 Å². The Morgan fingerprint density at radius 2 is 1.92 bits per heavy atom. The minimum atomic E-state index is 0.185. The average Bonchev–Trinajstić information content (AvgIpc) is 2.59. The summed E-state index contributed by atoms with van der Waals surface area (Å²) in [4.78, 5) is 23.0. The molecule has 0 aliphatic heterocycles. The molecule has 1 aromatic heterocycles. The number of hydrogen-bond acceptors (Lipinski definition) is 5. The monoisotopic (exact) mass is 326 g/mol. The molecule has 128 valence electrons. The first-order valence-electron chi connectivity index (χ1n) is 8.44. The largest absolute Gasteiger partial charge is 0.370 e. The van der Waals surface area contributed by atoms with Crippen molar-refractivity contribution < 1.29 is 4.79 Å². The van der Waals surface area contributed by atoms with Crippen LogP contribution in [0.4, 0.5) is 5.82 Å². The second-order valence-corrected chi connectivity index (χ2v) is 6.08. The normalized spacial score (nSPS) is 10.8. The Kier molecular flexibility index (Phi) is 7.36. The molecular weight excluding hydrogens is 300 g/mol. The van der Waals surface area contributed by atoms with Gasteiger partial charge in [-0.15, -0.1) is 0 Å². The number of anilines is 1. The van der Waals surface area contributed by atoms with Crippen molar-refractivity contribution in [1.29, 1.82) is 0 Å². The predicted molar refractivity (Wildman–Crippen MR) is 97.4 cm³/mol. The zero-order valence-corrected chi connectivity index (χ0v) is 14.5. The molecule has 0 unspecified atom stereocenters. The fourth-order valence-electron chi connectivity index (χ4n) is 2.41. The van der Waals surface area contributed by atoms with Gasteiger partial charge in [-0.3, -0.25) is 4.79 Å². The Balaban J connectivity index is 1.71. The van der Waals surface area contributed by atoms with Crippen molar-refractivity contribution in [1.82, 2.24) is 14.9 Å². The summed E-state index contributed by atoms with van der Waals surface area (Å²) in [5, 5.41) is 3.28.